The molecule has 2 rings (SSSR count). The third-order valence-corrected chi connectivity index (χ3v) is 5.23. The molecule has 0 aliphatic heterocycles. The van der Waals surface area contributed by atoms with Gasteiger partial charge in [-0.15, -0.1) is 23.2 Å². The first-order valence-corrected chi connectivity index (χ1v) is 8.57. The van der Waals surface area contributed by atoms with Crippen LogP contribution in [0.5, 0.6) is 0 Å². The first kappa shape index (κ1) is 17.1. The molecule has 0 spiro atoms. The molecule has 2 aromatic rings. The lowest BCUT2D eigenvalue weighted by atomic mass is 9.78. The minimum atomic E-state index is -0.533. The van der Waals surface area contributed by atoms with E-state index in [2.05, 4.69) is 15.9 Å². The van der Waals surface area contributed by atoms with Crippen LogP contribution in [0.1, 0.15) is 11.1 Å². The van der Waals surface area contributed by atoms with E-state index in [-0.39, 0.29) is 5.82 Å². The van der Waals surface area contributed by atoms with Gasteiger partial charge < -0.3 is 0 Å². The van der Waals surface area contributed by atoms with Gasteiger partial charge >= 0.3 is 0 Å². The summed E-state index contributed by atoms with van der Waals surface area (Å²) in [5.41, 5.74) is 1.18. The number of halogens is 5. The fourth-order valence-corrected chi connectivity index (χ4v) is 3.98. The van der Waals surface area contributed by atoms with E-state index in [0.29, 0.717) is 27.7 Å². The second-order valence-corrected chi connectivity index (χ2v) is 6.84. The molecule has 0 aromatic heterocycles. The number of rotatable bonds is 5. The maximum Gasteiger partial charge on any atom is 0.124 e. The molecule has 0 bridgehead atoms. The van der Waals surface area contributed by atoms with Gasteiger partial charge in [0.1, 0.15) is 5.82 Å². The van der Waals surface area contributed by atoms with Crippen molar-refractivity contribution in [2.45, 2.75) is 11.8 Å². The average molecular weight is 411 g/mol. The van der Waals surface area contributed by atoms with Gasteiger partial charge in [-0.05, 0) is 41.8 Å². The van der Waals surface area contributed by atoms with Gasteiger partial charge in [0.15, 0.2) is 0 Å². The van der Waals surface area contributed by atoms with E-state index in [1.165, 1.54) is 12.1 Å². The summed E-state index contributed by atoms with van der Waals surface area (Å²) in [4.78, 5) is 0. The van der Waals surface area contributed by atoms with E-state index in [4.69, 9.17) is 34.8 Å². The van der Waals surface area contributed by atoms with Crippen LogP contribution in [0, 0.1) is 5.82 Å². The third-order valence-electron chi connectivity index (χ3n) is 3.42. The largest absolute Gasteiger partial charge is 0.207 e. The Morgan fingerprint density at radius 2 is 1.71 bits per heavy atom. The normalized spacial score (nSPS) is 11.7. The second-order valence-electron chi connectivity index (χ2n) is 4.98. The van der Waals surface area contributed by atoms with Crippen molar-refractivity contribution in [1.82, 2.24) is 0 Å². The van der Waals surface area contributed by atoms with E-state index in [0.717, 1.165) is 11.1 Å². The van der Waals surface area contributed by atoms with Gasteiger partial charge in [-0.2, -0.15) is 0 Å². The molecule has 0 aliphatic rings. The zero-order chi connectivity index (χ0) is 15.5. The van der Waals surface area contributed by atoms with Gasteiger partial charge in [-0.1, -0.05) is 45.7 Å². The molecule has 0 amide bonds. The van der Waals surface area contributed by atoms with Crippen LogP contribution >= 0.6 is 50.7 Å². The fraction of sp³-hybridized carbons (Fsp3) is 0.250. The minimum absolute atomic E-state index is 0.295. The molecule has 0 heterocycles. The lowest BCUT2D eigenvalue weighted by Gasteiger charge is -2.31. The Kier molecular flexibility index (Phi) is 5.96. The Balaban J connectivity index is 2.45. The van der Waals surface area contributed by atoms with Crippen molar-refractivity contribution in [3.05, 3.63) is 68.9 Å². The van der Waals surface area contributed by atoms with Crippen molar-refractivity contribution in [3.63, 3.8) is 0 Å². The van der Waals surface area contributed by atoms with Crippen LogP contribution in [0.25, 0.3) is 0 Å². The molecule has 0 atom stereocenters. The van der Waals surface area contributed by atoms with E-state index in [9.17, 15) is 4.39 Å². The molecule has 21 heavy (non-hydrogen) atoms. The smallest absolute Gasteiger partial charge is 0.124 e. The average Bonchev–Trinajstić information content (AvgIpc) is 2.44. The lowest BCUT2D eigenvalue weighted by molar-refractivity contribution is 0.533. The highest BCUT2D eigenvalue weighted by atomic mass is 79.9. The number of benzene rings is 2. The van der Waals surface area contributed by atoms with Gasteiger partial charge in [0.2, 0.25) is 0 Å². The Labute approximate surface area is 147 Å². The summed E-state index contributed by atoms with van der Waals surface area (Å²) in [6, 6.07) is 12.3. The molecule has 0 N–H and O–H groups in total. The maximum atomic E-state index is 13.6. The summed E-state index contributed by atoms with van der Waals surface area (Å²) < 4.78 is 14.3. The summed E-state index contributed by atoms with van der Waals surface area (Å²) in [6.45, 7) is 0. The second kappa shape index (κ2) is 7.32. The highest BCUT2D eigenvalue weighted by Crippen LogP contribution is 2.36. The van der Waals surface area contributed by atoms with E-state index < -0.39 is 5.41 Å². The molecule has 0 unspecified atom stereocenters. The van der Waals surface area contributed by atoms with Crippen molar-refractivity contribution < 1.29 is 4.39 Å². The van der Waals surface area contributed by atoms with E-state index in [1.807, 2.05) is 30.3 Å². The Morgan fingerprint density at radius 3 is 2.29 bits per heavy atom. The first-order chi connectivity index (χ1) is 10.0. The molecule has 112 valence electrons. The molecule has 5 heteroatoms. The highest BCUT2D eigenvalue weighted by molar-refractivity contribution is 9.10. The van der Waals surface area contributed by atoms with Crippen LogP contribution in [0.2, 0.25) is 5.02 Å². The SMILES string of the molecule is Fc1cc(Br)cc(CC(CCl)(CCl)c2ccccc2Cl)c1. The third kappa shape index (κ3) is 3.92. The number of hydrogen-bond acceptors (Lipinski definition) is 0. The van der Waals surface area contributed by atoms with Crippen LogP contribution in [0.3, 0.4) is 0 Å². The number of hydrogen-bond donors (Lipinski definition) is 0. The molecular weight excluding hydrogens is 397 g/mol. The molecule has 0 radical (unpaired) electrons. The van der Waals surface area contributed by atoms with Crippen molar-refractivity contribution in [1.29, 1.82) is 0 Å². The van der Waals surface area contributed by atoms with Crippen LogP contribution < -0.4 is 0 Å². The standard InChI is InChI=1S/C16H13BrCl3F/c17-12-5-11(6-13(21)7-12)8-16(9-18,10-19)14-3-1-2-4-15(14)20/h1-7H,8-10H2. The van der Waals surface area contributed by atoms with E-state index >= 15 is 0 Å². The quantitative estimate of drug-likeness (QED) is 0.515. The molecule has 2 aromatic carbocycles. The van der Waals surface area contributed by atoms with Gasteiger partial charge in [-0.3, -0.25) is 0 Å². The van der Waals surface area contributed by atoms with Crippen LogP contribution in [0.15, 0.2) is 46.9 Å². The summed E-state index contributed by atoms with van der Waals surface area (Å²) in [6.07, 6.45) is 0.514. The van der Waals surface area contributed by atoms with Crippen molar-refractivity contribution in [3.8, 4) is 0 Å². The van der Waals surface area contributed by atoms with Gasteiger partial charge in [0, 0.05) is 26.7 Å². The summed E-state index contributed by atoms with van der Waals surface area (Å²) in [7, 11) is 0. The van der Waals surface area contributed by atoms with Gasteiger partial charge in [-0.25, -0.2) is 4.39 Å². The lowest BCUT2D eigenvalue weighted by Crippen LogP contribution is -2.33. The fourth-order valence-electron chi connectivity index (χ4n) is 2.36. The molecule has 0 fully saturated rings. The van der Waals surface area contributed by atoms with Crippen molar-refractivity contribution in [2.75, 3.05) is 11.8 Å². The molecular formula is C16H13BrCl3F. The molecule has 0 saturated heterocycles. The Bertz CT molecular complexity index is 606. The zero-order valence-corrected chi connectivity index (χ0v) is 14.9. The van der Waals surface area contributed by atoms with Crippen LogP contribution in [0.4, 0.5) is 4.39 Å². The Hall–Kier alpha value is -0.280. The van der Waals surface area contributed by atoms with Crippen molar-refractivity contribution >= 4 is 50.7 Å². The number of alkyl halides is 2. The van der Waals surface area contributed by atoms with E-state index in [1.54, 1.807) is 0 Å². The maximum absolute atomic E-state index is 13.6. The summed E-state index contributed by atoms with van der Waals surface area (Å²) in [5.74, 6) is 0.305. The predicted octanol–water partition coefficient (Wildman–Crippen LogP) is 6.20. The van der Waals surface area contributed by atoms with Crippen molar-refractivity contribution in [2.24, 2.45) is 0 Å². The molecule has 0 aliphatic carbocycles. The molecule has 0 nitrogen and oxygen atoms in total. The zero-order valence-electron chi connectivity index (χ0n) is 11.1. The Morgan fingerprint density at radius 1 is 1.05 bits per heavy atom. The summed E-state index contributed by atoms with van der Waals surface area (Å²) in [5, 5.41) is 0.620. The minimum Gasteiger partial charge on any atom is -0.207 e. The van der Waals surface area contributed by atoms with Crippen LogP contribution in [-0.4, -0.2) is 11.8 Å². The summed E-state index contributed by atoms with van der Waals surface area (Å²) >= 11 is 22.0. The van der Waals surface area contributed by atoms with Gasteiger partial charge in [0.05, 0.1) is 0 Å². The van der Waals surface area contributed by atoms with Crippen LogP contribution in [-0.2, 0) is 11.8 Å². The monoisotopic (exact) mass is 408 g/mol. The highest BCUT2D eigenvalue weighted by Gasteiger charge is 2.33. The molecule has 0 saturated carbocycles. The topological polar surface area (TPSA) is 0 Å². The first-order valence-electron chi connectivity index (χ1n) is 6.33. The van der Waals surface area contributed by atoms with Gasteiger partial charge in [0.25, 0.3) is 0 Å². The predicted molar refractivity (Wildman–Crippen MR) is 92.4 cm³/mol.